The number of rotatable bonds is 6. The summed E-state index contributed by atoms with van der Waals surface area (Å²) in [5.41, 5.74) is 0.492. The normalized spacial score (nSPS) is 20.4. The molecule has 2 aromatic rings. The number of hydrogen-bond donors (Lipinski definition) is 1. The van der Waals surface area contributed by atoms with Crippen molar-refractivity contribution in [2.24, 2.45) is 0 Å². The molecule has 3 rings (SSSR count). The lowest BCUT2D eigenvalue weighted by atomic mass is 9.91. The van der Waals surface area contributed by atoms with Crippen LogP contribution < -0.4 is 14.8 Å². The molecule has 0 unspecified atom stereocenters. The van der Waals surface area contributed by atoms with Gasteiger partial charge in [-0.25, -0.2) is 4.79 Å². The number of imide groups is 1. The molecule has 0 aromatic heterocycles. The molecule has 0 saturated carbocycles. The van der Waals surface area contributed by atoms with E-state index in [0.29, 0.717) is 17.9 Å². The Kier molecular flexibility index (Phi) is 5.08. The fourth-order valence-corrected chi connectivity index (χ4v) is 3.54. The molecule has 142 valence electrons. The minimum atomic E-state index is -1.08. The first-order valence-corrected chi connectivity index (χ1v) is 8.89. The van der Waals surface area contributed by atoms with Crippen LogP contribution in [-0.2, 0) is 10.3 Å². The summed E-state index contributed by atoms with van der Waals surface area (Å²) in [6, 6.07) is 13.9. The van der Waals surface area contributed by atoms with Crippen LogP contribution >= 0.6 is 0 Å². The number of amides is 3. The molecule has 1 fully saturated rings. The van der Waals surface area contributed by atoms with Crippen LogP contribution in [0.5, 0.6) is 11.5 Å². The smallest absolute Gasteiger partial charge is 0.325 e. The van der Waals surface area contributed by atoms with E-state index in [0.717, 1.165) is 11.1 Å². The van der Waals surface area contributed by atoms with Crippen molar-refractivity contribution in [1.29, 1.82) is 0 Å². The van der Waals surface area contributed by atoms with Gasteiger partial charge in [0.2, 0.25) is 0 Å². The minimum Gasteiger partial charge on any atom is -0.493 e. The van der Waals surface area contributed by atoms with Crippen molar-refractivity contribution in [3.05, 3.63) is 59.7 Å². The van der Waals surface area contributed by atoms with Crippen LogP contribution in [0.25, 0.3) is 0 Å². The monoisotopic (exact) mass is 368 g/mol. The molecule has 0 radical (unpaired) electrons. The summed E-state index contributed by atoms with van der Waals surface area (Å²) in [5.74, 6) is 0.897. The van der Waals surface area contributed by atoms with Gasteiger partial charge in [0.1, 0.15) is 5.54 Å². The molecule has 27 heavy (non-hydrogen) atoms. The van der Waals surface area contributed by atoms with Crippen LogP contribution in [0.1, 0.15) is 37.4 Å². The average Bonchev–Trinajstić information content (AvgIpc) is 2.93. The lowest BCUT2D eigenvalue weighted by molar-refractivity contribution is -0.132. The van der Waals surface area contributed by atoms with Crippen molar-refractivity contribution >= 4 is 11.9 Å². The van der Waals surface area contributed by atoms with Crippen molar-refractivity contribution < 1.29 is 19.1 Å². The highest BCUT2D eigenvalue weighted by Crippen LogP contribution is 2.38. The molecule has 6 nitrogen and oxygen atoms in total. The topological polar surface area (TPSA) is 67.9 Å². The molecular weight excluding hydrogens is 344 g/mol. The van der Waals surface area contributed by atoms with Gasteiger partial charge in [0.15, 0.2) is 11.5 Å². The number of carbonyl (C=O) groups is 2. The molecule has 1 saturated heterocycles. The van der Waals surface area contributed by atoms with Crippen LogP contribution in [0, 0.1) is 0 Å². The van der Waals surface area contributed by atoms with Crippen molar-refractivity contribution in [3.63, 3.8) is 0 Å². The average molecular weight is 368 g/mol. The molecule has 0 bridgehead atoms. The Morgan fingerprint density at radius 3 is 2.30 bits per heavy atom. The quantitative estimate of drug-likeness (QED) is 0.791. The second kappa shape index (κ2) is 7.31. The highest BCUT2D eigenvalue weighted by Gasteiger charge is 2.51. The predicted octanol–water partition coefficient (Wildman–Crippen LogP) is 3.62. The van der Waals surface area contributed by atoms with E-state index in [2.05, 4.69) is 5.32 Å². The molecular formula is C21H24N2O4. The van der Waals surface area contributed by atoms with Gasteiger partial charge in [0, 0.05) is 0 Å². The lowest BCUT2D eigenvalue weighted by Gasteiger charge is -2.27. The third-order valence-corrected chi connectivity index (χ3v) is 5.06. The van der Waals surface area contributed by atoms with Gasteiger partial charge in [0.05, 0.1) is 20.3 Å². The molecule has 1 aliphatic rings. The number of ether oxygens (including phenoxy) is 2. The Morgan fingerprint density at radius 2 is 1.70 bits per heavy atom. The van der Waals surface area contributed by atoms with E-state index in [1.165, 1.54) is 4.90 Å². The summed E-state index contributed by atoms with van der Waals surface area (Å²) < 4.78 is 10.6. The molecule has 1 N–H and O–H groups in total. The Bertz CT molecular complexity index is 853. The fourth-order valence-electron chi connectivity index (χ4n) is 3.54. The first kappa shape index (κ1) is 18.8. The highest BCUT2D eigenvalue weighted by atomic mass is 16.5. The lowest BCUT2D eigenvalue weighted by Crippen LogP contribution is -2.41. The van der Waals surface area contributed by atoms with E-state index in [-0.39, 0.29) is 5.91 Å². The van der Waals surface area contributed by atoms with Gasteiger partial charge in [-0.3, -0.25) is 9.69 Å². The predicted molar refractivity (Wildman–Crippen MR) is 102 cm³/mol. The number of methoxy groups -OCH3 is 2. The Balaban J connectivity index is 1.99. The maximum Gasteiger partial charge on any atom is 0.325 e. The zero-order chi connectivity index (χ0) is 19.6. The Morgan fingerprint density at radius 1 is 1.04 bits per heavy atom. The van der Waals surface area contributed by atoms with Gasteiger partial charge in [-0.1, -0.05) is 43.3 Å². The van der Waals surface area contributed by atoms with Gasteiger partial charge in [-0.2, -0.15) is 0 Å². The van der Waals surface area contributed by atoms with Crippen LogP contribution in [-0.4, -0.2) is 31.1 Å². The fraction of sp³-hybridized carbons (Fsp3) is 0.333. The zero-order valence-corrected chi connectivity index (χ0v) is 16.0. The second-order valence-corrected chi connectivity index (χ2v) is 6.63. The third kappa shape index (κ3) is 3.12. The first-order chi connectivity index (χ1) is 13.0. The molecule has 0 spiro atoms. The largest absolute Gasteiger partial charge is 0.493 e. The van der Waals surface area contributed by atoms with E-state index in [4.69, 9.17) is 9.47 Å². The summed E-state index contributed by atoms with van der Waals surface area (Å²) in [4.78, 5) is 27.4. The van der Waals surface area contributed by atoms with E-state index >= 15 is 0 Å². The van der Waals surface area contributed by atoms with Crippen LogP contribution in [0.3, 0.4) is 0 Å². The summed E-state index contributed by atoms with van der Waals surface area (Å²) >= 11 is 0. The molecule has 2 aromatic carbocycles. The van der Waals surface area contributed by atoms with Crippen molar-refractivity contribution in [2.75, 3.05) is 14.2 Å². The van der Waals surface area contributed by atoms with Gasteiger partial charge in [-0.15, -0.1) is 0 Å². The van der Waals surface area contributed by atoms with Gasteiger partial charge in [0.25, 0.3) is 5.91 Å². The number of urea groups is 1. The maximum atomic E-state index is 13.3. The Labute approximate surface area is 159 Å². The van der Waals surface area contributed by atoms with Crippen molar-refractivity contribution in [2.45, 2.75) is 31.8 Å². The number of hydrogen-bond acceptors (Lipinski definition) is 4. The van der Waals surface area contributed by atoms with Crippen LogP contribution in [0.2, 0.25) is 0 Å². The summed E-state index contributed by atoms with van der Waals surface area (Å²) in [7, 11) is 3.13. The first-order valence-electron chi connectivity index (χ1n) is 8.89. The van der Waals surface area contributed by atoms with Crippen molar-refractivity contribution in [3.8, 4) is 11.5 Å². The van der Waals surface area contributed by atoms with E-state index in [1.807, 2.05) is 49.4 Å². The van der Waals surface area contributed by atoms with Crippen molar-refractivity contribution in [1.82, 2.24) is 10.2 Å². The number of carbonyl (C=O) groups excluding carboxylic acids is 2. The summed E-state index contributed by atoms with van der Waals surface area (Å²) in [6.07, 6.45) is 0.583. The van der Waals surface area contributed by atoms with Gasteiger partial charge < -0.3 is 14.8 Å². The van der Waals surface area contributed by atoms with Gasteiger partial charge in [-0.05, 0) is 36.6 Å². The van der Waals surface area contributed by atoms with Gasteiger partial charge >= 0.3 is 6.03 Å². The van der Waals surface area contributed by atoms with E-state index < -0.39 is 17.6 Å². The summed E-state index contributed by atoms with van der Waals surface area (Å²) in [6.45, 7) is 3.68. The molecule has 2 atom stereocenters. The summed E-state index contributed by atoms with van der Waals surface area (Å²) in [5, 5.41) is 2.86. The van der Waals surface area contributed by atoms with Crippen LogP contribution in [0.4, 0.5) is 4.79 Å². The molecule has 0 aliphatic carbocycles. The molecule has 1 aliphatic heterocycles. The maximum absolute atomic E-state index is 13.3. The molecule has 3 amide bonds. The molecule has 6 heteroatoms. The highest BCUT2D eigenvalue weighted by molar-refractivity contribution is 6.07. The second-order valence-electron chi connectivity index (χ2n) is 6.63. The standard InChI is InChI=1S/C21H24N2O4/c1-5-16(14-11-12-17(26-3)18(13-14)27-4)23-19(24)21(2,22-20(23)25)15-9-7-6-8-10-15/h6-13,16H,5H2,1-4H3,(H,22,25)/t16-,21-/m0/s1. The van der Waals surface area contributed by atoms with Crippen LogP contribution in [0.15, 0.2) is 48.5 Å². The Hall–Kier alpha value is -3.02. The number of nitrogens with one attached hydrogen (secondary N) is 1. The number of benzene rings is 2. The number of nitrogens with zero attached hydrogens (tertiary/aromatic N) is 1. The van der Waals surface area contributed by atoms with E-state index in [1.54, 1.807) is 27.2 Å². The third-order valence-electron chi connectivity index (χ3n) is 5.06. The molecule has 1 heterocycles. The minimum absolute atomic E-state index is 0.264. The van der Waals surface area contributed by atoms with E-state index in [9.17, 15) is 9.59 Å². The zero-order valence-electron chi connectivity index (χ0n) is 16.0. The SMILES string of the molecule is CC[C@@H](c1ccc(OC)c(OC)c1)N1C(=O)N[C@@](C)(c2ccccc2)C1=O.